The molecule has 0 unspecified atom stereocenters. The highest BCUT2D eigenvalue weighted by atomic mass is 35.5. The fourth-order valence-electron chi connectivity index (χ4n) is 1.59. The molecule has 1 aromatic rings. The second kappa shape index (κ2) is 6.34. The second-order valence-electron chi connectivity index (χ2n) is 4.28. The molecule has 0 amide bonds. The van der Waals surface area contributed by atoms with Crippen molar-refractivity contribution in [2.45, 2.75) is 38.8 Å². The molecule has 0 fully saturated rings. The first-order valence-corrected chi connectivity index (χ1v) is 6.25. The van der Waals surface area contributed by atoms with Crippen LogP contribution in [0.3, 0.4) is 0 Å². The Morgan fingerprint density at radius 1 is 1.35 bits per heavy atom. The summed E-state index contributed by atoms with van der Waals surface area (Å²) in [5.74, 6) is -0.408. The van der Waals surface area contributed by atoms with Crippen LogP contribution in [-0.4, -0.2) is 17.3 Å². The maximum Gasteiger partial charge on any atom is 0.141 e. The fourth-order valence-corrected chi connectivity index (χ4v) is 1.79. The molecule has 4 heteroatoms. The van der Waals surface area contributed by atoms with Crippen molar-refractivity contribution in [2.24, 2.45) is 0 Å². The normalized spacial score (nSPS) is 11.8. The molecular weight excluding hydrogens is 241 g/mol. The first-order valence-electron chi connectivity index (χ1n) is 5.88. The Morgan fingerprint density at radius 2 is 2.00 bits per heavy atom. The van der Waals surface area contributed by atoms with E-state index >= 15 is 0 Å². The summed E-state index contributed by atoms with van der Waals surface area (Å²) in [7, 11) is 0. The van der Waals surface area contributed by atoms with E-state index in [9.17, 15) is 9.50 Å². The summed E-state index contributed by atoms with van der Waals surface area (Å²) < 4.78 is 12.9. The molecule has 0 atom stereocenters. The Morgan fingerprint density at radius 3 is 2.53 bits per heavy atom. The lowest BCUT2D eigenvalue weighted by atomic mass is 9.97. The number of nitrogens with one attached hydrogen (secondary N) is 1. The largest absolute Gasteiger partial charge is 0.389 e. The third-order valence-electron chi connectivity index (χ3n) is 3.08. The number of aliphatic hydroxyl groups is 1. The molecule has 17 heavy (non-hydrogen) atoms. The average Bonchev–Trinajstić information content (AvgIpc) is 2.33. The zero-order valence-electron chi connectivity index (χ0n) is 10.3. The van der Waals surface area contributed by atoms with Gasteiger partial charge >= 0.3 is 0 Å². The van der Waals surface area contributed by atoms with E-state index < -0.39 is 11.4 Å². The molecule has 1 aromatic carbocycles. The molecule has 0 spiro atoms. The number of hydrogen-bond acceptors (Lipinski definition) is 2. The monoisotopic (exact) mass is 259 g/mol. The number of hydrogen-bond donors (Lipinski definition) is 2. The van der Waals surface area contributed by atoms with Gasteiger partial charge in [-0.05, 0) is 30.5 Å². The van der Waals surface area contributed by atoms with Crippen LogP contribution in [0.4, 0.5) is 4.39 Å². The van der Waals surface area contributed by atoms with Crippen LogP contribution in [0.5, 0.6) is 0 Å². The van der Waals surface area contributed by atoms with E-state index in [0.29, 0.717) is 25.9 Å². The van der Waals surface area contributed by atoms with Crippen LogP contribution < -0.4 is 5.32 Å². The van der Waals surface area contributed by atoms with Crippen LogP contribution >= 0.6 is 11.6 Å². The minimum atomic E-state index is -0.663. The van der Waals surface area contributed by atoms with Gasteiger partial charge in [-0.25, -0.2) is 4.39 Å². The molecule has 0 aromatic heterocycles. The molecule has 0 saturated carbocycles. The maximum atomic E-state index is 12.9. The predicted molar refractivity (Wildman–Crippen MR) is 68.6 cm³/mol. The topological polar surface area (TPSA) is 32.3 Å². The first-order chi connectivity index (χ1) is 8.00. The lowest BCUT2D eigenvalue weighted by molar-refractivity contribution is 0.0323. The summed E-state index contributed by atoms with van der Waals surface area (Å²) in [5.41, 5.74) is 0.245. The lowest BCUT2D eigenvalue weighted by Crippen LogP contribution is -2.39. The van der Waals surface area contributed by atoms with E-state index in [1.807, 2.05) is 13.8 Å². The Kier molecular flexibility index (Phi) is 5.37. The number of benzene rings is 1. The third kappa shape index (κ3) is 4.26. The summed E-state index contributed by atoms with van der Waals surface area (Å²) in [5, 5.41) is 13.3. The Hall–Kier alpha value is -0.640. The van der Waals surface area contributed by atoms with E-state index in [1.54, 1.807) is 12.1 Å². The minimum absolute atomic E-state index is 0.130. The second-order valence-corrected chi connectivity index (χ2v) is 4.69. The van der Waals surface area contributed by atoms with Crippen LogP contribution in [0.25, 0.3) is 0 Å². The summed E-state index contributed by atoms with van der Waals surface area (Å²) in [6.07, 6.45) is 1.42. The van der Waals surface area contributed by atoms with Gasteiger partial charge in [-0.2, -0.15) is 0 Å². The van der Waals surface area contributed by atoms with Gasteiger partial charge in [0.15, 0.2) is 0 Å². The van der Waals surface area contributed by atoms with Gasteiger partial charge < -0.3 is 10.4 Å². The molecule has 2 N–H and O–H groups in total. The van der Waals surface area contributed by atoms with Gasteiger partial charge in [-0.1, -0.05) is 31.5 Å². The Bertz CT molecular complexity index is 366. The molecule has 0 aliphatic carbocycles. The summed E-state index contributed by atoms with van der Waals surface area (Å²) in [6, 6.07) is 4.64. The zero-order valence-corrected chi connectivity index (χ0v) is 11.0. The third-order valence-corrected chi connectivity index (χ3v) is 3.37. The van der Waals surface area contributed by atoms with E-state index in [-0.39, 0.29) is 5.02 Å². The van der Waals surface area contributed by atoms with Crippen molar-refractivity contribution >= 4 is 11.6 Å². The van der Waals surface area contributed by atoms with E-state index in [1.165, 1.54) is 6.07 Å². The van der Waals surface area contributed by atoms with E-state index in [2.05, 4.69) is 5.32 Å². The van der Waals surface area contributed by atoms with Crippen molar-refractivity contribution in [1.82, 2.24) is 5.32 Å². The minimum Gasteiger partial charge on any atom is -0.389 e. The van der Waals surface area contributed by atoms with Crippen molar-refractivity contribution in [3.8, 4) is 0 Å². The van der Waals surface area contributed by atoms with Crippen molar-refractivity contribution in [3.05, 3.63) is 34.6 Å². The van der Waals surface area contributed by atoms with Gasteiger partial charge in [0.1, 0.15) is 5.82 Å². The van der Waals surface area contributed by atoms with Crippen LogP contribution in [-0.2, 0) is 6.54 Å². The van der Waals surface area contributed by atoms with Gasteiger partial charge in [-0.3, -0.25) is 0 Å². The SMILES string of the molecule is CCC(O)(CC)CNCc1ccc(F)c(Cl)c1. The molecule has 0 heterocycles. The molecule has 0 radical (unpaired) electrons. The molecule has 0 aliphatic heterocycles. The highest BCUT2D eigenvalue weighted by Gasteiger charge is 2.21. The van der Waals surface area contributed by atoms with Crippen molar-refractivity contribution in [1.29, 1.82) is 0 Å². The Labute approximate surface area is 107 Å². The van der Waals surface area contributed by atoms with E-state index in [4.69, 9.17) is 11.6 Å². The molecule has 0 aliphatic rings. The molecule has 0 bridgehead atoms. The summed E-state index contributed by atoms with van der Waals surface area (Å²) >= 11 is 5.69. The van der Waals surface area contributed by atoms with Crippen molar-refractivity contribution < 1.29 is 9.50 Å². The molecule has 2 nitrogen and oxygen atoms in total. The van der Waals surface area contributed by atoms with Crippen LogP contribution in [0.1, 0.15) is 32.3 Å². The van der Waals surface area contributed by atoms with Gasteiger partial charge in [0.25, 0.3) is 0 Å². The molecular formula is C13H19ClFNO. The average molecular weight is 260 g/mol. The summed E-state index contributed by atoms with van der Waals surface area (Å²) in [4.78, 5) is 0. The van der Waals surface area contributed by atoms with Gasteiger partial charge in [-0.15, -0.1) is 0 Å². The number of halogens is 2. The molecule has 96 valence electrons. The first kappa shape index (κ1) is 14.4. The van der Waals surface area contributed by atoms with Crippen LogP contribution in [0, 0.1) is 5.82 Å². The van der Waals surface area contributed by atoms with Crippen LogP contribution in [0.15, 0.2) is 18.2 Å². The highest BCUT2D eigenvalue weighted by Crippen LogP contribution is 2.17. The maximum absolute atomic E-state index is 12.9. The quantitative estimate of drug-likeness (QED) is 0.823. The van der Waals surface area contributed by atoms with Gasteiger partial charge in [0.2, 0.25) is 0 Å². The smallest absolute Gasteiger partial charge is 0.141 e. The zero-order chi connectivity index (χ0) is 12.9. The predicted octanol–water partition coefficient (Wildman–Crippen LogP) is 3.12. The van der Waals surface area contributed by atoms with Crippen molar-refractivity contribution in [3.63, 3.8) is 0 Å². The molecule has 1 rings (SSSR count). The fraction of sp³-hybridized carbons (Fsp3) is 0.538. The van der Waals surface area contributed by atoms with Gasteiger partial charge in [0, 0.05) is 13.1 Å². The van der Waals surface area contributed by atoms with E-state index in [0.717, 1.165) is 5.56 Å². The Balaban J connectivity index is 2.48. The number of rotatable bonds is 6. The van der Waals surface area contributed by atoms with Crippen molar-refractivity contribution in [2.75, 3.05) is 6.54 Å². The lowest BCUT2D eigenvalue weighted by Gasteiger charge is -2.25. The van der Waals surface area contributed by atoms with Gasteiger partial charge in [0.05, 0.1) is 10.6 Å². The summed E-state index contributed by atoms with van der Waals surface area (Å²) in [6.45, 7) is 5.01. The highest BCUT2D eigenvalue weighted by molar-refractivity contribution is 6.30. The standard InChI is InChI=1S/C13H19ClFNO/c1-3-13(17,4-2)9-16-8-10-5-6-12(15)11(14)7-10/h5-7,16-17H,3-4,8-9H2,1-2H3. The van der Waals surface area contributed by atoms with Crippen LogP contribution in [0.2, 0.25) is 5.02 Å². The molecule has 0 saturated heterocycles.